The van der Waals surface area contributed by atoms with Crippen molar-refractivity contribution in [2.24, 2.45) is 5.92 Å². The largest absolute Gasteiger partial charge is 0.464 e. The van der Waals surface area contributed by atoms with Crippen molar-refractivity contribution in [1.82, 2.24) is 15.2 Å². The number of amides is 1. The molecule has 2 aliphatic heterocycles. The molecule has 0 bridgehead atoms. The molecule has 5 rings (SSSR count). The molecule has 3 aliphatic rings. The molecular weight excluding hydrogens is 340 g/mol. The molecule has 2 aromatic rings. The topological polar surface area (TPSA) is 61.6 Å². The van der Waals surface area contributed by atoms with Crippen molar-refractivity contribution < 1.29 is 9.21 Å². The first kappa shape index (κ1) is 17.0. The second-order valence-electron chi connectivity index (χ2n) is 8.30. The molecule has 2 aromatic heterocycles. The van der Waals surface area contributed by atoms with Gasteiger partial charge < -0.3 is 14.6 Å². The van der Waals surface area contributed by atoms with Gasteiger partial charge in [0.15, 0.2) is 0 Å². The molecule has 144 valence electrons. The third kappa shape index (κ3) is 3.55. The molecule has 3 fully saturated rings. The van der Waals surface area contributed by atoms with Crippen LogP contribution >= 0.6 is 0 Å². The van der Waals surface area contributed by atoms with Crippen molar-refractivity contribution in [2.75, 3.05) is 31.1 Å². The Hall–Kier alpha value is -2.08. The molecule has 1 unspecified atom stereocenters. The predicted octanol–water partition coefficient (Wildman–Crippen LogP) is 2.79. The molecular formula is C21H28N4O2. The number of piperidine rings is 2. The SMILES string of the molecule is O=C(NC1CC1)C1CCCN(C2CCN(c3nccc4occc34)CC2)C1. The van der Waals surface area contributed by atoms with E-state index in [0.717, 1.165) is 81.5 Å². The molecule has 27 heavy (non-hydrogen) atoms. The number of furan rings is 1. The molecule has 0 radical (unpaired) electrons. The maximum Gasteiger partial charge on any atom is 0.224 e. The minimum Gasteiger partial charge on any atom is -0.464 e. The zero-order valence-electron chi connectivity index (χ0n) is 15.8. The summed E-state index contributed by atoms with van der Waals surface area (Å²) in [5, 5.41) is 4.30. The highest BCUT2D eigenvalue weighted by Gasteiger charge is 2.34. The average molecular weight is 368 g/mol. The number of carbonyl (C=O) groups is 1. The van der Waals surface area contributed by atoms with E-state index in [1.54, 1.807) is 6.26 Å². The third-order valence-electron chi connectivity index (χ3n) is 6.39. The van der Waals surface area contributed by atoms with Crippen LogP contribution in [-0.4, -0.2) is 54.1 Å². The molecule has 1 saturated carbocycles. The molecule has 0 aromatic carbocycles. The molecule has 1 atom stereocenters. The lowest BCUT2D eigenvalue weighted by Crippen LogP contribution is -2.51. The standard InChI is InChI=1S/C21H28N4O2/c26-21(23-16-3-4-16)15-2-1-10-25(14-15)17-6-11-24(12-7-17)20-18-8-13-27-19(18)5-9-22-20/h5,8-9,13,15-17H,1-4,6-7,10-12,14H2,(H,23,26). The van der Waals surface area contributed by atoms with Crippen molar-refractivity contribution in [1.29, 1.82) is 0 Å². The number of fused-ring (bicyclic) bond motifs is 1. The fraction of sp³-hybridized carbons (Fsp3) is 0.619. The van der Waals surface area contributed by atoms with Gasteiger partial charge in [0.1, 0.15) is 11.4 Å². The summed E-state index contributed by atoms with van der Waals surface area (Å²) in [6.45, 7) is 4.08. The van der Waals surface area contributed by atoms with Gasteiger partial charge >= 0.3 is 0 Å². The second-order valence-corrected chi connectivity index (χ2v) is 8.30. The first-order valence-corrected chi connectivity index (χ1v) is 10.4. The summed E-state index contributed by atoms with van der Waals surface area (Å²) >= 11 is 0. The lowest BCUT2D eigenvalue weighted by Gasteiger charge is -2.42. The van der Waals surface area contributed by atoms with Crippen LogP contribution in [0.4, 0.5) is 5.82 Å². The maximum atomic E-state index is 12.4. The lowest BCUT2D eigenvalue weighted by atomic mass is 9.93. The van der Waals surface area contributed by atoms with Gasteiger partial charge in [-0.25, -0.2) is 4.98 Å². The van der Waals surface area contributed by atoms with E-state index < -0.39 is 0 Å². The Kier molecular flexibility index (Phi) is 4.52. The summed E-state index contributed by atoms with van der Waals surface area (Å²) in [6, 6.07) is 4.99. The van der Waals surface area contributed by atoms with E-state index >= 15 is 0 Å². The molecule has 1 amide bonds. The fourth-order valence-corrected chi connectivity index (χ4v) is 4.67. The van der Waals surface area contributed by atoms with Crippen molar-refractivity contribution in [2.45, 2.75) is 50.6 Å². The van der Waals surface area contributed by atoms with Crippen molar-refractivity contribution in [3.05, 3.63) is 24.6 Å². The number of hydrogen-bond acceptors (Lipinski definition) is 5. The average Bonchev–Trinajstić information content (AvgIpc) is 3.40. The Morgan fingerprint density at radius 2 is 1.96 bits per heavy atom. The van der Waals surface area contributed by atoms with Gasteiger partial charge in [-0.15, -0.1) is 0 Å². The Morgan fingerprint density at radius 1 is 1.11 bits per heavy atom. The summed E-state index contributed by atoms with van der Waals surface area (Å²) in [5.74, 6) is 1.51. The van der Waals surface area contributed by atoms with Gasteiger partial charge in [-0.1, -0.05) is 0 Å². The summed E-state index contributed by atoms with van der Waals surface area (Å²) in [5.41, 5.74) is 0.905. The molecule has 0 spiro atoms. The number of hydrogen-bond donors (Lipinski definition) is 1. The Morgan fingerprint density at radius 3 is 2.78 bits per heavy atom. The number of carbonyl (C=O) groups excluding carboxylic acids is 1. The van der Waals surface area contributed by atoms with Crippen LogP contribution in [0, 0.1) is 5.92 Å². The predicted molar refractivity (Wildman–Crippen MR) is 105 cm³/mol. The van der Waals surface area contributed by atoms with Gasteiger partial charge in [0.25, 0.3) is 0 Å². The van der Waals surface area contributed by atoms with Gasteiger partial charge in [0, 0.05) is 37.9 Å². The molecule has 4 heterocycles. The van der Waals surface area contributed by atoms with Crippen LogP contribution in [-0.2, 0) is 4.79 Å². The van der Waals surface area contributed by atoms with E-state index in [0.29, 0.717) is 12.1 Å². The molecule has 1 aliphatic carbocycles. The van der Waals surface area contributed by atoms with Gasteiger partial charge in [-0.05, 0) is 57.2 Å². The number of pyridine rings is 1. The smallest absolute Gasteiger partial charge is 0.224 e. The molecule has 6 nitrogen and oxygen atoms in total. The highest BCUT2D eigenvalue weighted by atomic mass is 16.3. The van der Waals surface area contributed by atoms with Crippen molar-refractivity contribution in [3.8, 4) is 0 Å². The molecule has 2 saturated heterocycles. The minimum atomic E-state index is 0.179. The lowest BCUT2D eigenvalue weighted by molar-refractivity contribution is -0.127. The number of nitrogens with one attached hydrogen (secondary N) is 1. The monoisotopic (exact) mass is 368 g/mol. The summed E-state index contributed by atoms with van der Waals surface area (Å²) < 4.78 is 5.52. The van der Waals surface area contributed by atoms with E-state index in [1.165, 1.54) is 0 Å². The number of aromatic nitrogens is 1. The number of anilines is 1. The third-order valence-corrected chi connectivity index (χ3v) is 6.39. The second kappa shape index (κ2) is 7.15. The maximum absolute atomic E-state index is 12.4. The van der Waals surface area contributed by atoms with E-state index in [2.05, 4.69) is 20.1 Å². The summed E-state index contributed by atoms with van der Waals surface area (Å²) in [7, 11) is 0. The van der Waals surface area contributed by atoms with Crippen molar-refractivity contribution >= 4 is 22.7 Å². The first-order chi connectivity index (χ1) is 13.3. The van der Waals surface area contributed by atoms with Crippen LogP contribution in [0.3, 0.4) is 0 Å². The van der Waals surface area contributed by atoms with Gasteiger partial charge in [-0.2, -0.15) is 0 Å². The van der Waals surface area contributed by atoms with Crippen LogP contribution in [0.2, 0.25) is 0 Å². The zero-order valence-corrected chi connectivity index (χ0v) is 15.8. The zero-order chi connectivity index (χ0) is 18.2. The van der Waals surface area contributed by atoms with E-state index in [9.17, 15) is 4.79 Å². The fourth-order valence-electron chi connectivity index (χ4n) is 4.67. The van der Waals surface area contributed by atoms with E-state index in [-0.39, 0.29) is 11.8 Å². The summed E-state index contributed by atoms with van der Waals surface area (Å²) in [6.07, 6.45) is 10.3. The Balaban J connectivity index is 1.20. The van der Waals surface area contributed by atoms with Crippen LogP contribution in [0.5, 0.6) is 0 Å². The van der Waals surface area contributed by atoms with Gasteiger partial charge in [0.05, 0.1) is 17.6 Å². The van der Waals surface area contributed by atoms with Crippen LogP contribution in [0.25, 0.3) is 11.0 Å². The number of likely N-dealkylation sites (tertiary alicyclic amines) is 1. The van der Waals surface area contributed by atoms with Gasteiger partial charge in [-0.3, -0.25) is 9.69 Å². The van der Waals surface area contributed by atoms with Crippen LogP contribution < -0.4 is 10.2 Å². The van der Waals surface area contributed by atoms with Crippen LogP contribution in [0.15, 0.2) is 29.0 Å². The van der Waals surface area contributed by atoms with E-state index in [4.69, 9.17) is 4.42 Å². The summed E-state index contributed by atoms with van der Waals surface area (Å²) in [4.78, 5) is 22.0. The molecule has 6 heteroatoms. The number of rotatable bonds is 4. The number of nitrogens with zero attached hydrogens (tertiary/aromatic N) is 3. The Bertz CT molecular complexity index is 807. The van der Waals surface area contributed by atoms with Crippen molar-refractivity contribution in [3.63, 3.8) is 0 Å². The minimum absolute atomic E-state index is 0.179. The normalized spacial score (nSPS) is 25.0. The quantitative estimate of drug-likeness (QED) is 0.899. The highest BCUT2D eigenvalue weighted by molar-refractivity contribution is 5.88. The molecule has 1 N–H and O–H groups in total. The van der Waals surface area contributed by atoms with Crippen LogP contribution in [0.1, 0.15) is 38.5 Å². The van der Waals surface area contributed by atoms with E-state index in [1.807, 2.05) is 18.3 Å². The highest BCUT2D eigenvalue weighted by Crippen LogP contribution is 2.30. The first-order valence-electron chi connectivity index (χ1n) is 10.4. The Labute approximate surface area is 159 Å². The van der Waals surface area contributed by atoms with Gasteiger partial charge in [0.2, 0.25) is 5.91 Å².